The molecule has 1 rings (SSSR count). The second-order valence-corrected chi connectivity index (χ2v) is 4.33. The normalized spacial score (nSPS) is 27.0. The van der Waals surface area contributed by atoms with Gasteiger partial charge in [0.1, 0.15) is 0 Å². The number of rotatable bonds is 7. The lowest BCUT2D eigenvalue weighted by atomic mass is 10.0. The van der Waals surface area contributed by atoms with Gasteiger partial charge in [-0.3, -0.25) is 0 Å². The first-order valence-corrected chi connectivity index (χ1v) is 5.82. The van der Waals surface area contributed by atoms with Crippen LogP contribution in [0.4, 0.5) is 0 Å². The fraction of sp³-hybridized carbons (Fsp3) is 1.00. The van der Waals surface area contributed by atoms with E-state index in [9.17, 15) is 0 Å². The molecule has 1 aliphatic rings. The standard InChI is InChI=1S/C11H24N2O/c1-3-6-12-7-8-13-10-11(2)5-4-9-14-11/h12-13H,3-10H2,1-2H3. The molecule has 0 aromatic rings. The molecule has 0 bridgehead atoms. The van der Waals surface area contributed by atoms with E-state index in [0.717, 1.165) is 32.8 Å². The van der Waals surface area contributed by atoms with Crippen molar-refractivity contribution in [2.45, 2.75) is 38.7 Å². The highest BCUT2D eigenvalue weighted by Gasteiger charge is 2.28. The summed E-state index contributed by atoms with van der Waals surface area (Å²) in [5.41, 5.74) is 0.102. The van der Waals surface area contributed by atoms with Gasteiger partial charge in [0.2, 0.25) is 0 Å². The predicted octanol–water partition coefficient (Wildman–Crippen LogP) is 1.14. The summed E-state index contributed by atoms with van der Waals surface area (Å²) < 4.78 is 5.69. The van der Waals surface area contributed by atoms with Crippen LogP contribution in [0, 0.1) is 0 Å². The fourth-order valence-corrected chi connectivity index (χ4v) is 1.81. The summed E-state index contributed by atoms with van der Waals surface area (Å²) >= 11 is 0. The molecular weight excluding hydrogens is 176 g/mol. The molecule has 1 heterocycles. The Morgan fingerprint density at radius 1 is 1.21 bits per heavy atom. The van der Waals surface area contributed by atoms with Crippen LogP contribution < -0.4 is 10.6 Å². The molecule has 0 aromatic carbocycles. The summed E-state index contributed by atoms with van der Waals surface area (Å²) in [5.74, 6) is 0. The molecule has 0 aliphatic carbocycles. The Balaban J connectivity index is 1.92. The number of hydrogen-bond donors (Lipinski definition) is 2. The van der Waals surface area contributed by atoms with Gasteiger partial charge in [0, 0.05) is 26.2 Å². The summed E-state index contributed by atoms with van der Waals surface area (Å²) in [4.78, 5) is 0. The topological polar surface area (TPSA) is 33.3 Å². The van der Waals surface area contributed by atoms with Crippen molar-refractivity contribution >= 4 is 0 Å². The average molecular weight is 200 g/mol. The van der Waals surface area contributed by atoms with E-state index >= 15 is 0 Å². The van der Waals surface area contributed by atoms with Crippen molar-refractivity contribution in [1.82, 2.24) is 10.6 Å². The Labute approximate surface area is 87.6 Å². The van der Waals surface area contributed by atoms with Crippen molar-refractivity contribution in [3.05, 3.63) is 0 Å². The van der Waals surface area contributed by atoms with E-state index in [1.807, 2.05) is 0 Å². The lowest BCUT2D eigenvalue weighted by Gasteiger charge is -2.23. The van der Waals surface area contributed by atoms with Crippen LogP contribution in [-0.4, -0.2) is 38.4 Å². The molecule has 1 aliphatic heterocycles. The van der Waals surface area contributed by atoms with Crippen molar-refractivity contribution in [2.75, 3.05) is 32.8 Å². The molecule has 0 amide bonds. The molecule has 0 aromatic heterocycles. The molecule has 1 unspecified atom stereocenters. The Bertz CT molecular complexity index is 144. The van der Waals surface area contributed by atoms with E-state index in [1.165, 1.54) is 19.3 Å². The predicted molar refractivity (Wildman–Crippen MR) is 59.6 cm³/mol. The van der Waals surface area contributed by atoms with E-state index in [4.69, 9.17) is 4.74 Å². The zero-order chi connectivity index (χ0) is 10.3. The average Bonchev–Trinajstić information content (AvgIpc) is 2.59. The summed E-state index contributed by atoms with van der Waals surface area (Å²) in [7, 11) is 0. The first kappa shape index (κ1) is 12.0. The Kier molecular flexibility index (Phi) is 5.45. The highest BCUT2D eigenvalue weighted by molar-refractivity contribution is 4.82. The Morgan fingerprint density at radius 2 is 2.00 bits per heavy atom. The van der Waals surface area contributed by atoms with Gasteiger partial charge in [0.25, 0.3) is 0 Å². The minimum Gasteiger partial charge on any atom is -0.374 e. The molecule has 0 saturated carbocycles. The summed E-state index contributed by atoms with van der Waals surface area (Å²) in [6, 6.07) is 0. The third-order valence-electron chi connectivity index (χ3n) is 2.70. The van der Waals surface area contributed by atoms with Gasteiger partial charge < -0.3 is 15.4 Å². The third kappa shape index (κ3) is 4.40. The molecule has 2 N–H and O–H groups in total. The molecule has 1 atom stereocenters. The molecular formula is C11H24N2O. The van der Waals surface area contributed by atoms with Gasteiger partial charge in [-0.05, 0) is 32.7 Å². The zero-order valence-corrected chi connectivity index (χ0v) is 9.57. The van der Waals surface area contributed by atoms with Crippen LogP contribution in [0.1, 0.15) is 33.1 Å². The Morgan fingerprint density at radius 3 is 2.64 bits per heavy atom. The van der Waals surface area contributed by atoms with Crippen molar-refractivity contribution in [1.29, 1.82) is 0 Å². The van der Waals surface area contributed by atoms with Gasteiger partial charge in [-0.15, -0.1) is 0 Å². The van der Waals surface area contributed by atoms with Crippen LogP contribution >= 0.6 is 0 Å². The first-order chi connectivity index (χ1) is 6.77. The monoisotopic (exact) mass is 200 g/mol. The van der Waals surface area contributed by atoms with Gasteiger partial charge in [0.05, 0.1) is 5.60 Å². The van der Waals surface area contributed by atoms with Gasteiger partial charge in [0.15, 0.2) is 0 Å². The Hall–Kier alpha value is -0.120. The van der Waals surface area contributed by atoms with Crippen molar-refractivity contribution in [3.8, 4) is 0 Å². The highest BCUT2D eigenvalue weighted by Crippen LogP contribution is 2.23. The first-order valence-electron chi connectivity index (χ1n) is 5.82. The van der Waals surface area contributed by atoms with Crippen LogP contribution in [0.25, 0.3) is 0 Å². The molecule has 14 heavy (non-hydrogen) atoms. The number of hydrogen-bond acceptors (Lipinski definition) is 3. The van der Waals surface area contributed by atoms with Crippen molar-refractivity contribution in [2.24, 2.45) is 0 Å². The summed E-state index contributed by atoms with van der Waals surface area (Å²) in [5, 5.41) is 6.81. The summed E-state index contributed by atoms with van der Waals surface area (Å²) in [6.07, 6.45) is 3.62. The van der Waals surface area contributed by atoms with Gasteiger partial charge >= 0.3 is 0 Å². The SMILES string of the molecule is CCCNCCNCC1(C)CCCO1. The maximum Gasteiger partial charge on any atom is 0.0779 e. The number of ether oxygens (including phenoxy) is 1. The van der Waals surface area contributed by atoms with E-state index in [0.29, 0.717) is 0 Å². The van der Waals surface area contributed by atoms with E-state index in [2.05, 4.69) is 24.5 Å². The fourth-order valence-electron chi connectivity index (χ4n) is 1.81. The minimum absolute atomic E-state index is 0.102. The molecule has 3 heteroatoms. The maximum absolute atomic E-state index is 5.69. The molecule has 3 nitrogen and oxygen atoms in total. The lowest BCUT2D eigenvalue weighted by Crippen LogP contribution is -2.39. The molecule has 1 saturated heterocycles. The molecule has 84 valence electrons. The van der Waals surface area contributed by atoms with E-state index in [-0.39, 0.29) is 5.60 Å². The van der Waals surface area contributed by atoms with Gasteiger partial charge in [-0.25, -0.2) is 0 Å². The van der Waals surface area contributed by atoms with Crippen molar-refractivity contribution in [3.63, 3.8) is 0 Å². The van der Waals surface area contributed by atoms with Crippen LogP contribution in [-0.2, 0) is 4.74 Å². The summed E-state index contributed by atoms with van der Waals surface area (Å²) in [6.45, 7) is 9.53. The van der Waals surface area contributed by atoms with Gasteiger partial charge in [-0.1, -0.05) is 6.92 Å². The second-order valence-electron chi connectivity index (χ2n) is 4.33. The quantitative estimate of drug-likeness (QED) is 0.605. The van der Waals surface area contributed by atoms with Crippen molar-refractivity contribution < 1.29 is 4.74 Å². The molecule has 1 fully saturated rings. The number of nitrogens with one attached hydrogen (secondary N) is 2. The zero-order valence-electron chi connectivity index (χ0n) is 9.57. The van der Waals surface area contributed by atoms with Crippen LogP contribution in [0.5, 0.6) is 0 Å². The van der Waals surface area contributed by atoms with Crippen LogP contribution in [0.3, 0.4) is 0 Å². The van der Waals surface area contributed by atoms with Gasteiger partial charge in [-0.2, -0.15) is 0 Å². The molecule has 0 radical (unpaired) electrons. The van der Waals surface area contributed by atoms with E-state index in [1.54, 1.807) is 0 Å². The smallest absolute Gasteiger partial charge is 0.0779 e. The highest BCUT2D eigenvalue weighted by atomic mass is 16.5. The van der Waals surface area contributed by atoms with Crippen LogP contribution in [0.15, 0.2) is 0 Å². The minimum atomic E-state index is 0.102. The maximum atomic E-state index is 5.69. The van der Waals surface area contributed by atoms with E-state index < -0.39 is 0 Å². The third-order valence-corrected chi connectivity index (χ3v) is 2.70. The van der Waals surface area contributed by atoms with Crippen LogP contribution in [0.2, 0.25) is 0 Å². The second kappa shape index (κ2) is 6.38. The largest absolute Gasteiger partial charge is 0.374 e. The lowest BCUT2D eigenvalue weighted by molar-refractivity contribution is 0.0211. The molecule has 0 spiro atoms.